The van der Waals surface area contributed by atoms with Gasteiger partial charge < -0.3 is 30.6 Å². The van der Waals surface area contributed by atoms with E-state index in [1.165, 1.54) is 30.6 Å². The van der Waals surface area contributed by atoms with Gasteiger partial charge in [-0.3, -0.25) is 4.79 Å². The van der Waals surface area contributed by atoms with Crippen LogP contribution in [-0.4, -0.2) is 38.2 Å². The number of carbonyl (C=O) groups is 2. The molecule has 4 saturated carbocycles. The van der Waals surface area contributed by atoms with Crippen LogP contribution in [-0.2, 0) is 9.53 Å². The third-order valence-electron chi connectivity index (χ3n) is 9.13. The Bertz CT molecular complexity index is 1330. The van der Waals surface area contributed by atoms with Gasteiger partial charge in [0.1, 0.15) is 4.88 Å². The Balaban J connectivity index is 1.39. The number of nitrogen functional groups attached to an aromatic ring is 1. The van der Waals surface area contributed by atoms with Gasteiger partial charge in [-0.05, 0) is 87.8 Å². The lowest BCUT2D eigenvalue weighted by Gasteiger charge is -2.56. The van der Waals surface area contributed by atoms with Gasteiger partial charge in [0.2, 0.25) is 0 Å². The van der Waals surface area contributed by atoms with Gasteiger partial charge in [-0.1, -0.05) is 6.07 Å². The van der Waals surface area contributed by atoms with Crippen molar-refractivity contribution >= 4 is 33.9 Å². The number of esters is 1. The molecule has 1 amide bonds. The van der Waals surface area contributed by atoms with Crippen LogP contribution in [0.15, 0.2) is 29.5 Å². The molecule has 208 valence electrons. The number of methoxy groups -OCH3 is 2. The zero-order valence-electron chi connectivity index (χ0n) is 23.0. The monoisotopic (exact) mass is 551 g/mol. The van der Waals surface area contributed by atoms with Crippen LogP contribution in [0.2, 0.25) is 0 Å². The quantitative estimate of drug-likeness (QED) is 0.393. The molecule has 1 unspecified atom stereocenters. The molecule has 9 heteroatoms. The first-order valence-electron chi connectivity index (χ1n) is 13.9. The Kier molecular flexibility index (Phi) is 6.52. The molecule has 7 rings (SSSR count). The van der Waals surface area contributed by atoms with Gasteiger partial charge in [0, 0.05) is 22.7 Å². The van der Waals surface area contributed by atoms with Crippen molar-refractivity contribution in [3.05, 3.63) is 45.5 Å². The largest absolute Gasteiger partial charge is 0.493 e. The van der Waals surface area contributed by atoms with Gasteiger partial charge >= 0.3 is 5.97 Å². The van der Waals surface area contributed by atoms with E-state index in [0.717, 1.165) is 53.1 Å². The zero-order valence-corrected chi connectivity index (χ0v) is 23.8. The zero-order chi connectivity index (χ0) is 27.5. The van der Waals surface area contributed by atoms with Crippen LogP contribution in [0.1, 0.15) is 79.1 Å². The van der Waals surface area contributed by atoms with Crippen molar-refractivity contribution in [3.63, 3.8) is 0 Å². The fourth-order valence-corrected chi connectivity index (χ4v) is 9.12. The van der Waals surface area contributed by atoms with Gasteiger partial charge in [-0.2, -0.15) is 0 Å². The molecule has 4 bridgehead atoms. The Labute approximate surface area is 233 Å². The summed E-state index contributed by atoms with van der Waals surface area (Å²) in [5, 5.41) is 7.60. The van der Waals surface area contributed by atoms with Crippen LogP contribution >= 0.6 is 11.3 Å². The highest BCUT2D eigenvalue weighted by molar-refractivity contribution is 7.19. The number of carbonyl (C=O) groups excluding carboxylic acids is 2. The van der Waals surface area contributed by atoms with Gasteiger partial charge in [0.05, 0.1) is 37.1 Å². The summed E-state index contributed by atoms with van der Waals surface area (Å²) in [4.78, 5) is 27.6. The molecule has 1 aromatic heterocycles. The second-order valence-electron chi connectivity index (χ2n) is 11.7. The number of ether oxygens (including phenoxy) is 3. The van der Waals surface area contributed by atoms with Crippen molar-refractivity contribution in [2.45, 2.75) is 63.8 Å². The van der Waals surface area contributed by atoms with E-state index >= 15 is 0 Å². The SMILES string of the molecule is CCOC(=O)C1=C(C)Nc2sc(C(=O)NC34CC5CC(CC(C5)C3)C4)c(N)c2C1c1ccc(OC)c(OC)c1. The maximum absolute atomic E-state index is 13.8. The van der Waals surface area contributed by atoms with E-state index in [1.54, 1.807) is 21.1 Å². The van der Waals surface area contributed by atoms with E-state index in [9.17, 15) is 9.59 Å². The first kappa shape index (κ1) is 26.0. The van der Waals surface area contributed by atoms with Crippen molar-refractivity contribution in [2.24, 2.45) is 17.8 Å². The predicted molar refractivity (Wildman–Crippen MR) is 151 cm³/mol. The van der Waals surface area contributed by atoms with Gasteiger partial charge in [-0.15, -0.1) is 11.3 Å². The summed E-state index contributed by atoms with van der Waals surface area (Å²) in [5.41, 5.74) is 9.75. The Morgan fingerprint density at radius 2 is 1.72 bits per heavy atom. The molecule has 39 heavy (non-hydrogen) atoms. The molecule has 0 spiro atoms. The number of thiophene rings is 1. The maximum atomic E-state index is 13.8. The van der Waals surface area contributed by atoms with E-state index in [0.29, 0.717) is 33.3 Å². The third kappa shape index (κ3) is 4.35. The molecule has 2 aromatic rings. The lowest BCUT2D eigenvalue weighted by molar-refractivity contribution is -0.138. The Morgan fingerprint density at radius 1 is 1.08 bits per heavy atom. The van der Waals surface area contributed by atoms with Crippen LogP contribution in [0.25, 0.3) is 0 Å². The molecular weight excluding hydrogens is 514 g/mol. The van der Waals surface area contributed by atoms with Crippen molar-refractivity contribution in [2.75, 3.05) is 31.9 Å². The second kappa shape index (κ2) is 9.77. The summed E-state index contributed by atoms with van der Waals surface area (Å²) in [6.07, 6.45) is 7.12. The number of benzene rings is 1. The third-order valence-corrected chi connectivity index (χ3v) is 10.3. The molecule has 4 fully saturated rings. The van der Waals surface area contributed by atoms with E-state index in [-0.39, 0.29) is 18.1 Å². The lowest BCUT2D eigenvalue weighted by Crippen LogP contribution is -2.59. The summed E-state index contributed by atoms with van der Waals surface area (Å²) >= 11 is 1.36. The minimum absolute atomic E-state index is 0.114. The maximum Gasteiger partial charge on any atom is 0.336 e. The van der Waals surface area contributed by atoms with Crippen LogP contribution in [0.4, 0.5) is 10.7 Å². The van der Waals surface area contributed by atoms with E-state index < -0.39 is 11.9 Å². The minimum Gasteiger partial charge on any atom is -0.493 e. The van der Waals surface area contributed by atoms with E-state index in [2.05, 4.69) is 10.6 Å². The second-order valence-corrected chi connectivity index (χ2v) is 12.7. The average Bonchev–Trinajstić information content (AvgIpc) is 3.22. The van der Waals surface area contributed by atoms with E-state index in [1.807, 2.05) is 25.1 Å². The Morgan fingerprint density at radius 3 is 2.31 bits per heavy atom. The first-order valence-corrected chi connectivity index (χ1v) is 14.7. The summed E-state index contributed by atoms with van der Waals surface area (Å²) in [7, 11) is 3.16. The highest BCUT2D eigenvalue weighted by atomic mass is 32.1. The van der Waals surface area contributed by atoms with Crippen LogP contribution < -0.4 is 25.8 Å². The summed E-state index contributed by atoms with van der Waals surface area (Å²) in [5.74, 6) is 2.24. The molecule has 4 N–H and O–H groups in total. The molecule has 0 radical (unpaired) electrons. The fraction of sp³-hybridized carbons (Fsp3) is 0.533. The smallest absolute Gasteiger partial charge is 0.336 e. The molecule has 5 aliphatic rings. The van der Waals surface area contributed by atoms with E-state index in [4.69, 9.17) is 19.9 Å². The van der Waals surface area contributed by atoms with Crippen molar-refractivity contribution in [1.29, 1.82) is 0 Å². The van der Waals surface area contributed by atoms with Crippen LogP contribution in [0.3, 0.4) is 0 Å². The highest BCUT2D eigenvalue weighted by Crippen LogP contribution is 2.56. The standard InChI is InChI=1S/C30H37N3O5S/c1-5-38-29(35)22-15(2)32-28-24(23(22)19-6-7-20(36-3)21(11-19)37-4)25(31)26(39-28)27(34)33-30-12-16-8-17(13-30)10-18(9-16)14-30/h6-7,11,16-18,23,32H,5,8-10,12-14,31H2,1-4H3,(H,33,34). The minimum atomic E-state index is -0.530. The molecule has 1 aromatic carbocycles. The molecular formula is C30H37N3O5S. The highest BCUT2D eigenvalue weighted by Gasteiger charge is 2.52. The normalized spacial score (nSPS) is 28.5. The van der Waals surface area contributed by atoms with Crippen molar-refractivity contribution in [1.82, 2.24) is 5.32 Å². The number of rotatable bonds is 7. The topological polar surface area (TPSA) is 112 Å². The molecule has 2 heterocycles. The number of hydrogen-bond acceptors (Lipinski definition) is 8. The number of allylic oxidation sites excluding steroid dienone is 1. The van der Waals surface area contributed by atoms with Crippen molar-refractivity contribution < 1.29 is 23.8 Å². The number of fused-ring (bicyclic) bond motifs is 1. The predicted octanol–water partition coefficient (Wildman–Crippen LogP) is 5.44. The first-order chi connectivity index (χ1) is 18.8. The van der Waals surface area contributed by atoms with Crippen LogP contribution in [0, 0.1) is 17.8 Å². The number of amides is 1. The molecule has 0 saturated heterocycles. The summed E-state index contributed by atoms with van der Waals surface area (Å²) in [6.45, 7) is 3.89. The van der Waals surface area contributed by atoms with Gasteiger partial charge in [0.15, 0.2) is 11.5 Å². The number of hydrogen-bond donors (Lipinski definition) is 3. The summed E-state index contributed by atoms with van der Waals surface area (Å²) in [6, 6.07) is 5.58. The Hall–Kier alpha value is -3.20. The van der Waals surface area contributed by atoms with Crippen molar-refractivity contribution in [3.8, 4) is 11.5 Å². The van der Waals surface area contributed by atoms with Crippen LogP contribution in [0.5, 0.6) is 11.5 Å². The number of nitrogens with two attached hydrogens (primary N) is 1. The number of anilines is 2. The lowest BCUT2D eigenvalue weighted by atomic mass is 9.53. The molecule has 1 atom stereocenters. The molecule has 8 nitrogen and oxygen atoms in total. The molecule has 1 aliphatic heterocycles. The van der Waals surface area contributed by atoms with Gasteiger partial charge in [-0.25, -0.2) is 4.79 Å². The average molecular weight is 552 g/mol. The van der Waals surface area contributed by atoms with Gasteiger partial charge in [0.25, 0.3) is 5.91 Å². The number of nitrogens with one attached hydrogen (secondary N) is 2. The fourth-order valence-electron chi connectivity index (χ4n) is 8.01. The summed E-state index contributed by atoms with van der Waals surface area (Å²) < 4.78 is 16.5. The molecule has 4 aliphatic carbocycles.